The fourth-order valence-corrected chi connectivity index (χ4v) is 2.95. The van der Waals surface area contributed by atoms with Crippen molar-refractivity contribution in [3.05, 3.63) is 35.9 Å². The Morgan fingerprint density at radius 2 is 1.95 bits per heavy atom. The van der Waals surface area contributed by atoms with E-state index in [0.29, 0.717) is 19.0 Å². The van der Waals surface area contributed by atoms with Crippen LogP contribution in [0.2, 0.25) is 0 Å². The molecule has 4 nitrogen and oxygen atoms in total. The van der Waals surface area contributed by atoms with Gasteiger partial charge in [-0.25, -0.2) is 0 Å². The van der Waals surface area contributed by atoms with E-state index in [1.165, 1.54) is 12.8 Å². The molecule has 0 aromatic heterocycles. The molecule has 1 aromatic carbocycles. The fourth-order valence-electron chi connectivity index (χ4n) is 2.95. The Morgan fingerprint density at radius 1 is 1.32 bits per heavy atom. The maximum Gasteiger partial charge on any atom is 0.221 e. The summed E-state index contributed by atoms with van der Waals surface area (Å²) in [5.74, 6) is 0.871. The molecule has 1 saturated heterocycles. The quantitative estimate of drug-likeness (QED) is 0.848. The van der Waals surface area contributed by atoms with Gasteiger partial charge in [-0.2, -0.15) is 0 Å². The average molecular weight is 303 g/mol. The van der Waals surface area contributed by atoms with Gasteiger partial charge in [0.25, 0.3) is 0 Å². The molecule has 1 aliphatic rings. The van der Waals surface area contributed by atoms with Crippen LogP contribution in [0.3, 0.4) is 0 Å². The van der Waals surface area contributed by atoms with Crippen molar-refractivity contribution in [2.75, 3.05) is 19.6 Å². The number of nitrogens with two attached hydrogens (primary N) is 1. The Balaban J connectivity index is 1.71. The minimum Gasteiger partial charge on any atom is -0.354 e. The topological polar surface area (TPSA) is 58.4 Å². The van der Waals surface area contributed by atoms with Gasteiger partial charge in [-0.15, -0.1) is 0 Å². The molecular weight excluding hydrogens is 274 g/mol. The van der Waals surface area contributed by atoms with Gasteiger partial charge in [0.15, 0.2) is 0 Å². The molecule has 1 aliphatic heterocycles. The van der Waals surface area contributed by atoms with Gasteiger partial charge in [0.05, 0.1) is 0 Å². The summed E-state index contributed by atoms with van der Waals surface area (Å²) < 4.78 is 0. The molecule has 4 heteroatoms. The average Bonchev–Trinajstić information content (AvgIpc) is 2.54. The highest BCUT2D eigenvalue weighted by molar-refractivity contribution is 5.76. The number of benzene rings is 1. The molecule has 0 radical (unpaired) electrons. The third-order valence-electron chi connectivity index (χ3n) is 4.67. The number of nitrogens with zero attached hydrogens (tertiary/aromatic N) is 1. The van der Waals surface area contributed by atoms with E-state index in [1.54, 1.807) is 0 Å². The Kier molecular flexibility index (Phi) is 6.40. The summed E-state index contributed by atoms with van der Waals surface area (Å²) in [5.41, 5.74) is 7.10. The first-order chi connectivity index (χ1) is 10.6. The number of piperidine rings is 1. The molecule has 3 N–H and O–H groups in total. The van der Waals surface area contributed by atoms with Gasteiger partial charge in [0.1, 0.15) is 0 Å². The smallest absolute Gasteiger partial charge is 0.221 e. The van der Waals surface area contributed by atoms with Crippen molar-refractivity contribution < 1.29 is 4.79 Å². The van der Waals surface area contributed by atoms with Gasteiger partial charge in [0.2, 0.25) is 5.91 Å². The van der Waals surface area contributed by atoms with E-state index >= 15 is 0 Å². The molecule has 0 spiro atoms. The van der Waals surface area contributed by atoms with Crippen molar-refractivity contribution >= 4 is 5.91 Å². The standard InChI is InChI=1S/C18H29N3O/c1-14-8-10-21(11-9-14)15(2)13-20-18(22)12-17(19)16-6-4-3-5-7-16/h3-7,14-15,17H,8-13,19H2,1-2H3,(H,20,22). The fraction of sp³-hybridized carbons (Fsp3) is 0.611. The van der Waals surface area contributed by atoms with Crippen molar-refractivity contribution in [1.29, 1.82) is 0 Å². The second kappa shape index (κ2) is 8.30. The van der Waals surface area contributed by atoms with Crippen LogP contribution in [-0.2, 0) is 4.79 Å². The summed E-state index contributed by atoms with van der Waals surface area (Å²) >= 11 is 0. The highest BCUT2D eigenvalue weighted by Gasteiger charge is 2.20. The van der Waals surface area contributed by atoms with Gasteiger partial charge in [-0.1, -0.05) is 37.3 Å². The van der Waals surface area contributed by atoms with E-state index in [9.17, 15) is 4.79 Å². The molecule has 0 bridgehead atoms. The monoisotopic (exact) mass is 303 g/mol. The van der Waals surface area contributed by atoms with E-state index in [1.807, 2.05) is 30.3 Å². The number of carbonyl (C=O) groups is 1. The first kappa shape index (κ1) is 17.0. The zero-order valence-electron chi connectivity index (χ0n) is 13.8. The Bertz CT molecular complexity index is 455. The van der Waals surface area contributed by atoms with Gasteiger partial charge >= 0.3 is 0 Å². The van der Waals surface area contributed by atoms with E-state index in [2.05, 4.69) is 24.1 Å². The van der Waals surface area contributed by atoms with Crippen LogP contribution < -0.4 is 11.1 Å². The normalized spacial score (nSPS) is 19.6. The lowest BCUT2D eigenvalue weighted by atomic mass is 9.98. The van der Waals surface area contributed by atoms with Crippen LogP contribution >= 0.6 is 0 Å². The Hall–Kier alpha value is -1.39. The molecule has 2 unspecified atom stereocenters. The Morgan fingerprint density at radius 3 is 2.59 bits per heavy atom. The predicted molar refractivity (Wildman–Crippen MR) is 90.4 cm³/mol. The second-order valence-corrected chi connectivity index (χ2v) is 6.59. The van der Waals surface area contributed by atoms with Crippen molar-refractivity contribution in [2.24, 2.45) is 11.7 Å². The first-order valence-corrected chi connectivity index (χ1v) is 8.37. The van der Waals surface area contributed by atoms with Crippen molar-refractivity contribution in [3.8, 4) is 0 Å². The summed E-state index contributed by atoms with van der Waals surface area (Å²) in [6.45, 7) is 7.49. The largest absolute Gasteiger partial charge is 0.354 e. The number of hydrogen-bond donors (Lipinski definition) is 2. The van der Waals surface area contributed by atoms with Gasteiger partial charge < -0.3 is 11.1 Å². The van der Waals surface area contributed by atoms with E-state index in [4.69, 9.17) is 5.73 Å². The summed E-state index contributed by atoms with van der Waals surface area (Å²) in [6, 6.07) is 9.96. The predicted octanol–water partition coefficient (Wildman–Crippen LogP) is 2.31. The minimum atomic E-state index is -0.229. The van der Waals surface area contributed by atoms with Gasteiger partial charge in [-0.3, -0.25) is 9.69 Å². The highest BCUT2D eigenvalue weighted by atomic mass is 16.1. The summed E-state index contributed by atoms with van der Waals surface area (Å²) in [4.78, 5) is 14.5. The lowest BCUT2D eigenvalue weighted by Crippen LogP contribution is -2.45. The molecule has 1 aromatic rings. The van der Waals surface area contributed by atoms with Crippen molar-refractivity contribution in [1.82, 2.24) is 10.2 Å². The lowest BCUT2D eigenvalue weighted by Gasteiger charge is -2.35. The highest BCUT2D eigenvalue weighted by Crippen LogP contribution is 2.18. The maximum absolute atomic E-state index is 12.1. The number of hydrogen-bond acceptors (Lipinski definition) is 3. The summed E-state index contributed by atoms with van der Waals surface area (Å²) in [6.07, 6.45) is 2.86. The van der Waals surface area contributed by atoms with Crippen molar-refractivity contribution in [2.45, 2.75) is 45.2 Å². The van der Waals surface area contributed by atoms with Crippen LogP contribution in [0.5, 0.6) is 0 Å². The molecule has 0 saturated carbocycles. The SMILES string of the molecule is CC1CCN(C(C)CNC(=O)CC(N)c2ccccc2)CC1. The number of nitrogens with one attached hydrogen (secondary N) is 1. The van der Waals surface area contributed by atoms with Crippen LogP contribution in [0, 0.1) is 5.92 Å². The summed E-state index contributed by atoms with van der Waals surface area (Å²) in [5, 5.41) is 3.03. The molecule has 2 atom stereocenters. The molecule has 22 heavy (non-hydrogen) atoms. The molecule has 2 rings (SSSR count). The minimum absolute atomic E-state index is 0.0357. The first-order valence-electron chi connectivity index (χ1n) is 8.37. The van der Waals surface area contributed by atoms with Crippen LogP contribution in [0.4, 0.5) is 0 Å². The van der Waals surface area contributed by atoms with E-state index in [0.717, 1.165) is 24.6 Å². The maximum atomic E-state index is 12.1. The van der Waals surface area contributed by atoms with Gasteiger partial charge in [0, 0.05) is 25.0 Å². The third kappa shape index (κ3) is 5.11. The lowest BCUT2D eigenvalue weighted by molar-refractivity contribution is -0.121. The molecule has 1 fully saturated rings. The van der Waals surface area contributed by atoms with Crippen LogP contribution in [0.15, 0.2) is 30.3 Å². The van der Waals surface area contributed by atoms with Crippen molar-refractivity contribution in [3.63, 3.8) is 0 Å². The van der Waals surface area contributed by atoms with E-state index < -0.39 is 0 Å². The second-order valence-electron chi connectivity index (χ2n) is 6.59. The zero-order chi connectivity index (χ0) is 15.9. The van der Waals surface area contributed by atoms with Crippen LogP contribution in [0.25, 0.3) is 0 Å². The summed E-state index contributed by atoms with van der Waals surface area (Å²) in [7, 11) is 0. The number of rotatable bonds is 6. The molecule has 1 heterocycles. The van der Waals surface area contributed by atoms with Crippen LogP contribution in [0.1, 0.15) is 44.7 Å². The zero-order valence-corrected chi connectivity index (χ0v) is 13.8. The van der Waals surface area contributed by atoms with E-state index in [-0.39, 0.29) is 11.9 Å². The molecule has 122 valence electrons. The molecular formula is C18H29N3O. The van der Waals surface area contributed by atoms with Crippen LogP contribution in [-0.4, -0.2) is 36.5 Å². The number of likely N-dealkylation sites (tertiary alicyclic amines) is 1. The number of amides is 1. The third-order valence-corrected chi connectivity index (χ3v) is 4.67. The Labute approximate surface area is 134 Å². The molecule has 0 aliphatic carbocycles. The van der Waals surface area contributed by atoms with Gasteiger partial charge in [-0.05, 0) is 44.3 Å². The number of carbonyl (C=O) groups excluding carboxylic acids is 1. The molecule has 1 amide bonds.